The van der Waals surface area contributed by atoms with Gasteiger partial charge in [0.15, 0.2) is 18.6 Å². The molecule has 0 aromatic heterocycles. The van der Waals surface area contributed by atoms with E-state index in [-0.39, 0.29) is 18.5 Å². The molecule has 1 aliphatic rings. The molecule has 1 N–H and O–H groups in total. The van der Waals surface area contributed by atoms with Crippen LogP contribution in [0.4, 0.5) is 3.89 Å². The summed E-state index contributed by atoms with van der Waals surface area (Å²) >= 11 is 0.0952. The highest BCUT2D eigenvalue weighted by molar-refractivity contribution is 7.92. The number of carbonyl (C=O) groups is 1. The topological polar surface area (TPSA) is 32.3 Å². The number of rotatable bonds is 2. The number of nitrogens with one attached hydrogen (secondary N) is 1. The van der Waals surface area contributed by atoms with Gasteiger partial charge in [-0.1, -0.05) is 0 Å². The summed E-state index contributed by atoms with van der Waals surface area (Å²) < 4.78 is 13.2. The van der Waals surface area contributed by atoms with Crippen LogP contribution in [0.25, 0.3) is 0 Å². The monoisotopic (exact) mass is 162 g/mol. The van der Waals surface area contributed by atoms with E-state index in [4.69, 9.17) is 0 Å². The van der Waals surface area contributed by atoms with E-state index in [9.17, 15) is 8.68 Å². The highest BCUT2D eigenvalue weighted by Gasteiger charge is 2.19. The van der Waals surface area contributed by atoms with E-state index >= 15 is 0 Å². The zero-order valence-electron chi connectivity index (χ0n) is 5.37. The van der Waals surface area contributed by atoms with Gasteiger partial charge in [-0.25, -0.2) is 0 Å². The SMILES string of the molecule is CC1NC(C=O)=CN1SF. The van der Waals surface area contributed by atoms with Crippen molar-refractivity contribution in [3.63, 3.8) is 0 Å². The molecular weight excluding hydrogens is 155 g/mol. The molecule has 0 saturated carbocycles. The molecule has 0 amide bonds. The second kappa shape index (κ2) is 2.92. The number of allylic oxidation sites excluding steroid dienone is 1. The number of hydrogen-bond donors (Lipinski definition) is 1. The van der Waals surface area contributed by atoms with E-state index in [1.165, 1.54) is 10.5 Å². The first kappa shape index (κ1) is 7.40. The maximum atomic E-state index is 11.9. The number of nitrogens with zero attached hydrogens (tertiary/aromatic N) is 1. The van der Waals surface area contributed by atoms with E-state index in [2.05, 4.69) is 5.32 Å². The molecule has 0 aliphatic carbocycles. The number of aldehydes is 1. The molecule has 0 aromatic carbocycles. The van der Waals surface area contributed by atoms with Crippen molar-refractivity contribution in [2.75, 3.05) is 0 Å². The van der Waals surface area contributed by atoms with Gasteiger partial charge in [-0.15, -0.1) is 3.89 Å². The normalized spacial score (nSPS) is 24.0. The van der Waals surface area contributed by atoms with E-state index in [1.807, 2.05) is 0 Å². The second-order valence-corrected chi connectivity index (χ2v) is 2.51. The lowest BCUT2D eigenvalue weighted by atomic mass is 10.5. The van der Waals surface area contributed by atoms with Crippen LogP contribution in [-0.2, 0) is 4.79 Å². The Labute approximate surface area is 62.7 Å². The van der Waals surface area contributed by atoms with Crippen LogP contribution in [0.3, 0.4) is 0 Å². The van der Waals surface area contributed by atoms with Gasteiger partial charge in [-0.05, 0) is 6.92 Å². The minimum absolute atomic E-state index is 0.0952. The van der Waals surface area contributed by atoms with Crippen LogP contribution in [0.1, 0.15) is 6.92 Å². The van der Waals surface area contributed by atoms with Gasteiger partial charge < -0.3 is 5.32 Å². The van der Waals surface area contributed by atoms with Gasteiger partial charge in [-0.3, -0.25) is 9.10 Å². The van der Waals surface area contributed by atoms with E-state index in [0.717, 1.165) is 0 Å². The summed E-state index contributed by atoms with van der Waals surface area (Å²) in [5.41, 5.74) is 0.414. The number of halogens is 1. The van der Waals surface area contributed by atoms with Crippen molar-refractivity contribution in [2.45, 2.75) is 13.1 Å². The minimum atomic E-state index is -0.143. The highest BCUT2D eigenvalue weighted by atomic mass is 32.2. The zero-order valence-corrected chi connectivity index (χ0v) is 6.19. The van der Waals surface area contributed by atoms with E-state index in [1.54, 1.807) is 6.92 Å². The van der Waals surface area contributed by atoms with Crippen molar-refractivity contribution in [2.24, 2.45) is 0 Å². The first-order chi connectivity index (χ1) is 4.77. The Morgan fingerprint density at radius 1 is 2.00 bits per heavy atom. The molecule has 1 heterocycles. The molecule has 0 fully saturated rings. The highest BCUT2D eigenvalue weighted by Crippen LogP contribution is 2.19. The van der Waals surface area contributed by atoms with Gasteiger partial charge in [0.25, 0.3) is 0 Å². The molecule has 0 bridgehead atoms. The molecule has 56 valence electrons. The first-order valence-corrected chi connectivity index (χ1v) is 3.46. The fourth-order valence-corrected chi connectivity index (χ4v) is 1.06. The fourth-order valence-electron chi connectivity index (χ4n) is 0.735. The zero-order chi connectivity index (χ0) is 7.56. The second-order valence-electron chi connectivity index (χ2n) is 1.95. The van der Waals surface area contributed by atoms with Crippen LogP contribution < -0.4 is 5.32 Å². The van der Waals surface area contributed by atoms with Crippen LogP contribution in [0.5, 0.6) is 0 Å². The molecule has 0 saturated heterocycles. The quantitative estimate of drug-likeness (QED) is 0.481. The first-order valence-electron chi connectivity index (χ1n) is 2.78. The van der Waals surface area contributed by atoms with Crippen LogP contribution >= 0.6 is 12.3 Å². The van der Waals surface area contributed by atoms with Gasteiger partial charge in [0.1, 0.15) is 6.17 Å². The molecule has 10 heavy (non-hydrogen) atoms. The van der Waals surface area contributed by atoms with Gasteiger partial charge >= 0.3 is 0 Å². The maximum absolute atomic E-state index is 11.9. The Morgan fingerprint density at radius 2 is 2.70 bits per heavy atom. The third-order valence-electron chi connectivity index (χ3n) is 1.23. The molecule has 1 atom stereocenters. The molecule has 3 nitrogen and oxygen atoms in total. The van der Waals surface area contributed by atoms with Crippen molar-refractivity contribution < 1.29 is 8.68 Å². The summed E-state index contributed by atoms with van der Waals surface area (Å²) in [6.45, 7) is 1.76. The smallest absolute Gasteiger partial charge is 0.167 e. The maximum Gasteiger partial charge on any atom is 0.167 e. The summed E-state index contributed by atoms with van der Waals surface area (Å²) in [5, 5.41) is 2.76. The lowest BCUT2D eigenvalue weighted by Gasteiger charge is -2.14. The van der Waals surface area contributed by atoms with Crippen LogP contribution in [-0.4, -0.2) is 16.8 Å². The Balaban J connectivity index is 2.60. The molecule has 0 radical (unpaired) electrons. The van der Waals surface area contributed by atoms with Crippen molar-refractivity contribution in [1.29, 1.82) is 0 Å². The molecule has 0 spiro atoms. The predicted molar refractivity (Wildman–Crippen MR) is 37.3 cm³/mol. The van der Waals surface area contributed by atoms with E-state index < -0.39 is 0 Å². The third kappa shape index (κ3) is 1.23. The van der Waals surface area contributed by atoms with Gasteiger partial charge in [0.05, 0.1) is 5.70 Å². The molecule has 5 heteroatoms. The fraction of sp³-hybridized carbons (Fsp3) is 0.400. The molecule has 1 aliphatic heterocycles. The Hall–Kier alpha value is -0.710. The van der Waals surface area contributed by atoms with Crippen molar-refractivity contribution in [1.82, 2.24) is 9.62 Å². The summed E-state index contributed by atoms with van der Waals surface area (Å²) in [4.78, 5) is 10.1. The van der Waals surface area contributed by atoms with Crippen LogP contribution in [0.2, 0.25) is 0 Å². The van der Waals surface area contributed by atoms with E-state index in [0.29, 0.717) is 12.0 Å². The van der Waals surface area contributed by atoms with Crippen molar-refractivity contribution in [3.8, 4) is 0 Å². The minimum Gasteiger partial charge on any atom is -0.361 e. The standard InChI is InChI=1S/C5H7FN2OS/c1-4-7-5(3-9)2-8(4)10-6/h2-4,7H,1H3. The van der Waals surface area contributed by atoms with Crippen LogP contribution in [0, 0.1) is 0 Å². The third-order valence-corrected chi connectivity index (χ3v) is 1.81. The van der Waals surface area contributed by atoms with Crippen molar-refractivity contribution >= 4 is 18.6 Å². The summed E-state index contributed by atoms with van der Waals surface area (Å²) in [6, 6.07) is 0. The molecule has 0 aromatic rings. The van der Waals surface area contributed by atoms with Gasteiger partial charge in [0.2, 0.25) is 0 Å². The van der Waals surface area contributed by atoms with Crippen LogP contribution in [0.15, 0.2) is 11.9 Å². The summed E-state index contributed by atoms with van der Waals surface area (Å²) in [7, 11) is 0. The van der Waals surface area contributed by atoms with Gasteiger partial charge in [0, 0.05) is 6.20 Å². The summed E-state index contributed by atoms with van der Waals surface area (Å²) in [6.07, 6.45) is 1.95. The molecule has 1 rings (SSSR count). The lowest BCUT2D eigenvalue weighted by molar-refractivity contribution is -0.105. The van der Waals surface area contributed by atoms with Gasteiger partial charge in [-0.2, -0.15) is 0 Å². The average Bonchev–Trinajstić information content (AvgIpc) is 2.30. The average molecular weight is 162 g/mol. The number of carbonyl (C=O) groups excluding carboxylic acids is 1. The number of hydrogen-bond acceptors (Lipinski definition) is 4. The van der Waals surface area contributed by atoms with Crippen molar-refractivity contribution in [3.05, 3.63) is 11.9 Å². The summed E-state index contributed by atoms with van der Waals surface area (Å²) in [5.74, 6) is 0. The lowest BCUT2D eigenvalue weighted by Crippen LogP contribution is -2.28. The molecule has 1 unspecified atom stereocenters. The Bertz CT molecular complexity index is 173. The largest absolute Gasteiger partial charge is 0.361 e. The Kier molecular flexibility index (Phi) is 2.16. The Morgan fingerprint density at radius 3 is 3.00 bits per heavy atom. The molecular formula is C5H7FN2OS. The predicted octanol–water partition coefficient (Wildman–Crippen LogP) is 0.811.